The Labute approximate surface area is 131 Å². The molecule has 0 bridgehead atoms. The number of thioether (sulfide) groups is 1. The van der Waals surface area contributed by atoms with Crippen molar-refractivity contribution < 1.29 is 5.11 Å². The summed E-state index contributed by atoms with van der Waals surface area (Å²) in [6.45, 7) is 4.62. The minimum absolute atomic E-state index is 0.0901. The van der Waals surface area contributed by atoms with Crippen molar-refractivity contribution in [3.8, 4) is 0 Å². The van der Waals surface area contributed by atoms with Crippen LogP contribution in [0.3, 0.4) is 0 Å². The number of hydrogen-bond donors (Lipinski definition) is 1. The van der Waals surface area contributed by atoms with Crippen molar-refractivity contribution in [1.82, 2.24) is 0 Å². The van der Waals surface area contributed by atoms with Crippen LogP contribution in [0.4, 0.5) is 0 Å². The molecule has 1 rings (SSSR count). The third-order valence-corrected chi connectivity index (χ3v) is 6.13. The highest BCUT2D eigenvalue weighted by Crippen LogP contribution is 2.45. The molecule has 0 spiro atoms. The molecule has 0 amide bonds. The molecule has 0 aromatic carbocycles. The molecule has 2 unspecified atom stereocenters. The number of aliphatic hydroxyl groups is 1. The lowest BCUT2D eigenvalue weighted by Gasteiger charge is -2.22. The summed E-state index contributed by atoms with van der Waals surface area (Å²) < 4.78 is 0.374. The highest BCUT2D eigenvalue weighted by Gasteiger charge is 2.34. The Morgan fingerprint density at radius 1 is 0.900 bits per heavy atom. The van der Waals surface area contributed by atoms with E-state index < -0.39 is 0 Å². The van der Waals surface area contributed by atoms with Crippen molar-refractivity contribution >= 4 is 11.8 Å². The molecule has 120 valence electrons. The second-order valence-corrected chi connectivity index (χ2v) is 8.61. The van der Waals surface area contributed by atoms with Gasteiger partial charge >= 0.3 is 0 Å². The maximum absolute atomic E-state index is 9.60. The molecule has 0 radical (unpaired) electrons. The van der Waals surface area contributed by atoms with Crippen LogP contribution in [0.15, 0.2) is 0 Å². The van der Waals surface area contributed by atoms with Crippen LogP contribution in [0.2, 0.25) is 0 Å². The van der Waals surface area contributed by atoms with Crippen molar-refractivity contribution in [3.63, 3.8) is 0 Å². The lowest BCUT2D eigenvalue weighted by atomic mass is 9.97. The summed E-state index contributed by atoms with van der Waals surface area (Å²) in [6.07, 6.45) is 19.1. The number of rotatable bonds is 12. The predicted molar refractivity (Wildman–Crippen MR) is 92.3 cm³/mol. The van der Waals surface area contributed by atoms with Crippen molar-refractivity contribution in [2.45, 2.75) is 114 Å². The van der Waals surface area contributed by atoms with E-state index in [0.29, 0.717) is 4.75 Å². The Morgan fingerprint density at radius 2 is 1.40 bits per heavy atom. The summed E-state index contributed by atoms with van der Waals surface area (Å²) in [4.78, 5) is 0. The summed E-state index contributed by atoms with van der Waals surface area (Å²) >= 11 is 1.80. The number of hydrogen-bond acceptors (Lipinski definition) is 2. The van der Waals surface area contributed by atoms with E-state index in [0.717, 1.165) is 6.42 Å². The minimum Gasteiger partial charge on any atom is -0.382 e. The molecule has 1 saturated heterocycles. The van der Waals surface area contributed by atoms with Gasteiger partial charge in [0, 0.05) is 4.75 Å². The molecule has 1 aliphatic rings. The van der Waals surface area contributed by atoms with Crippen LogP contribution in [-0.2, 0) is 0 Å². The number of unbranched alkanes of at least 4 members (excludes halogenated alkanes) is 10. The third-order valence-electron chi connectivity index (χ3n) is 4.65. The van der Waals surface area contributed by atoms with E-state index in [-0.39, 0.29) is 5.44 Å². The van der Waals surface area contributed by atoms with Crippen LogP contribution in [0, 0.1) is 0 Å². The van der Waals surface area contributed by atoms with Gasteiger partial charge in [-0.1, -0.05) is 84.5 Å². The quantitative estimate of drug-likeness (QED) is 0.427. The van der Waals surface area contributed by atoms with Gasteiger partial charge in [0.25, 0.3) is 0 Å². The monoisotopic (exact) mass is 300 g/mol. The fraction of sp³-hybridized carbons (Fsp3) is 1.00. The fourth-order valence-electron chi connectivity index (χ4n) is 3.22. The summed E-state index contributed by atoms with van der Waals surface area (Å²) in [5.74, 6) is 0. The molecule has 1 fully saturated rings. The second-order valence-electron chi connectivity index (χ2n) is 6.85. The van der Waals surface area contributed by atoms with E-state index in [4.69, 9.17) is 0 Å². The molecule has 1 aliphatic heterocycles. The Bertz CT molecular complexity index is 231. The molecule has 2 atom stereocenters. The van der Waals surface area contributed by atoms with Crippen LogP contribution in [0.1, 0.15) is 104 Å². The minimum atomic E-state index is -0.0901. The van der Waals surface area contributed by atoms with E-state index in [1.165, 1.54) is 83.5 Å². The van der Waals surface area contributed by atoms with Crippen LogP contribution in [0.5, 0.6) is 0 Å². The Hall–Kier alpha value is 0.310. The molecule has 0 saturated carbocycles. The molecule has 1 nitrogen and oxygen atoms in total. The van der Waals surface area contributed by atoms with Crippen LogP contribution < -0.4 is 0 Å². The van der Waals surface area contributed by atoms with Gasteiger partial charge in [-0.25, -0.2) is 0 Å². The summed E-state index contributed by atoms with van der Waals surface area (Å²) in [6, 6.07) is 0. The molecule has 0 aromatic rings. The van der Waals surface area contributed by atoms with E-state index in [9.17, 15) is 5.11 Å². The van der Waals surface area contributed by atoms with Gasteiger partial charge in [0.2, 0.25) is 0 Å². The van der Waals surface area contributed by atoms with Gasteiger partial charge in [0.1, 0.15) is 0 Å². The first-order valence-electron chi connectivity index (χ1n) is 9.02. The van der Waals surface area contributed by atoms with E-state index in [2.05, 4.69) is 13.8 Å². The van der Waals surface area contributed by atoms with E-state index in [1.54, 1.807) is 11.8 Å². The molecule has 20 heavy (non-hydrogen) atoms. The van der Waals surface area contributed by atoms with Gasteiger partial charge < -0.3 is 5.11 Å². The highest BCUT2D eigenvalue weighted by molar-refractivity contribution is 8.01. The Morgan fingerprint density at radius 3 is 1.85 bits per heavy atom. The molecule has 1 N–H and O–H groups in total. The molecular formula is C18H36OS. The van der Waals surface area contributed by atoms with E-state index >= 15 is 0 Å². The first-order valence-corrected chi connectivity index (χ1v) is 9.90. The average Bonchev–Trinajstić information content (AvgIpc) is 2.76. The second kappa shape index (κ2) is 11.0. The van der Waals surface area contributed by atoms with Gasteiger partial charge in [0.15, 0.2) is 0 Å². The predicted octanol–water partition coefficient (Wildman–Crippen LogP) is 6.29. The summed E-state index contributed by atoms with van der Waals surface area (Å²) in [5.41, 5.74) is -0.0901. The normalized spacial score (nSPS) is 26.2. The fourth-order valence-corrected chi connectivity index (χ4v) is 4.61. The maximum atomic E-state index is 9.60. The van der Waals surface area contributed by atoms with Gasteiger partial charge in [-0.15, -0.1) is 11.8 Å². The zero-order valence-corrected chi connectivity index (χ0v) is 14.6. The molecule has 2 heteroatoms. The zero-order chi connectivity index (χ0) is 14.7. The molecule has 0 aliphatic carbocycles. The zero-order valence-electron chi connectivity index (χ0n) is 13.8. The van der Waals surface area contributed by atoms with Gasteiger partial charge in [-0.3, -0.25) is 0 Å². The lowest BCUT2D eigenvalue weighted by molar-refractivity contribution is 0.258. The summed E-state index contributed by atoms with van der Waals surface area (Å²) in [7, 11) is 0. The first-order chi connectivity index (χ1) is 9.66. The molecule has 1 heterocycles. The smallest absolute Gasteiger partial charge is 0.0998 e. The molecular weight excluding hydrogens is 264 g/mol. The largest absolute Gasteiger partial charge is 0.382 e. The van der Waals surface area contributed by atoms with Crippen molar-refractivity contribution in [1.29, 1.82) is 0 Å². The standard InChI is InChI=1S/C18H36OS/c1-3-4-5-6-7-8-9-10-11-12-13-15-18(2)16-14-17(19)20-18/h17,19H,3-16H2,1-2H3. The number of aliphatic hydroxyl groups excluding tert-OH is 1. The van der Waals surface area contributed by atoms with Gasteiger partial charge in [-0.05, 0) is 19.3 Å². The summed E-state index contributed by atoms with van der Waals surface area (Å²) in [5, 5.41) is 9.60. The van der Waals surface area contributed by atoms with Crippen molar-refractivity contribution in [3.05, 3.63) is 0 Å². The Kier molecular flexibility index (Phi) is 10.1. The first kappa shape index (κ1) is 18.4. The van der Waals surface area contributed by atoms with Gasteiger partial charge in [-0.2, -0.15) is 0 Å². The van der Waals surface area contributed by atoms with Crippen LogP contribution in [0.25, 0.3) is 0 Å². The third kappa shape index (κ3) is 8.56. The topological polar surface area (TPSA) is 20.2 Å². The highest BCUT2D eigenvalue weighted by atomic mass is 32.2. The average molecular weight is 301 g/mol. The van der Waals surface area contributed by atoms with Crippen LogP contribution >= 0.6 is 11.8 Å². The SMILES string of the molecule is CCCCCCCCCCCCCC1(C)CCC(O)S1. The van der Waals surface area contributed by atoms with Crippen molar-refractivity contribution in [2.24, 2.45) is 0 Å². The van der Waals surface area contributed by atoms with Crippen molar-refractivity contribution in [2.75, 3.05) is 0 Å². The Balaban J connectivity index is 1.81. The maximum Gasteiger partial charge on any atom is 0.0998 e. The molecule has 0 aromatic heterocycles. The van der Waals surface area contributed by atoms with Gasteiger partial charge in [0.05, 0.1) is 5.44 Å². The van der Waals surface area contributed by atoms with Crippen LogP contribution in [-0.4, -0.2) is 15.3 Å². The van der Waals surface area contributed by atoms with E-state index in [1.807, 2.05) is 0 Å². The lowest BCUT2D eigenvalue weighted by Crippen LogP contribution is -2.15.